The van der Waals surface area contributed by atoms with Crippen LogP contribution in [0.2, 0.25) is 0 Å². The van der Waals surface area contributed by atoms with Gasteiger partial charge in [-0.1, -0.05) is 13.3 Å². The first-order valence-corrected chi connectivity index (χ1v) is 3.99. The summed E-state index contributed by atoms with van der Waals surface area (Å²) in [5.74, 6) is 0. The highest BCUT2D eigenvalue weighted by Crippen LogP contribution is 1.93. The monoisotopic (exact) mass is 142 g/mol. The molecule has 2 nitrogen and oxygen atoms in total. The van der Waals surface area contributed by atoms with Crippen molar-refractivity contribution in [3.05, 3.63) is 0 Å². The molecular formula is C8H18N2. The smallest absolute Gasteiger partial charge is 0.0882 e. The van der Waals surface area contributed by atoms with E-state index < -0.39 is 0 Å². The van der Waals surface area contributed by atoms with Crippen LogP contribution in [0.5, 0.6) is 0 Å². The van der Waals surface area contributed by atoms with Gasteiger partial charge in [0.15, 0.2) is 0 Å². The minimum atomic E-state index is 0.605. The average Bonchev–Trinajstić information content (AvgIpc) is 1.89. The van der Waals surface area contributed by atoms with Crippen LogP contribution in [0.3, 0.4) is 0 Å². The Kier molecular flexibility index (Phi) is 6.50. The van der Waals surface area contributed by atoms with Gasteiger partial charge >= 0.3 is 0 Å². The SMILES string of the molecule is CC=NCNC(C)CCC. The fraction of sp³-hybridized carbons (Fsp3) is 0.875. The molecule has 0 bridgehead atoms. The van der Waals surface area contributed by atoms with E-state index in [2.05, 4.69) is 24.2 Å². The fourth-order valence-electron chi connectivity index (χ4n) is 0.835. The molecule has 10 heavy (non-hydrogen) atoms. The zero-order valence-corrected chi connectivity index (χ0v) is 7.22. The Morgan fingerprint density at radius 2 is 2.30 bits per heavy atom. The molecule has 0 fully saturated rings. The van der Waals surface area contributed by atoms with Crippen LogP contribution in [0.15, 0.2) is 4.99 Å². The molecule has 0 aromatic heterocycles. The molecule has 1 atom stereocenters. The second kappa shape index (κ2) is 6.75. The zero-order valence-electron chi connectivity index (χ0n) is 7.22. The van der Waals surface area contributed by atoms with Gasteiger partial charge in [-0.05, 0) is 26.5 Å². The normalized spacial score (nSPS) is 14.3. The maximum absolute atomic E-state index is 4.06. The molecule has 1 N–H and O–H groups in total. The highest BCUT2D eigenvalue weighted by Gasteiger charge is 1.95. The fourth-order valence-corrected chi connectivity index (χ4v) is 0.835. The Bertz CT molecular complexity index is 89.3. The number of nitrogens with one attached hydrogen (secondary N) is 1. The summed E-state index contributed by atoms with van der Waals surface area (Å²) >= 11 is 0. The van der Waals surface area contributed by atoms with Crippen LogP contribution in [0, 0.1) is 0 Å². The Morgan fingerprint density at radius 1 is 1.60 bits per heavy atom. The van der Waals surface area contributed by atoms with E-state index in [9.17, 15) is 0 Å². The second-order valence-corrected chi connectivity index (χ2v) is 2.49. The highest BCUT2D eigenvalue weighted by atomic mass is 15.0. The minimum Gasteiger partial charge on any atom is -0.296 e. The van der Waals surface area contributed by atoms with Crippen LogP contribution in [0.1, 0.15) is 33.6 Å². The first-order valence-electron chi connectivity index (χ1n) is 3.99. The van der Waals surface area contributed by atoms with Crippen molar-refractivity contribution in [2.24, 2.45) is 4.99 Å². The molecular weight excluding hydrogens is 124 g/mol. The molecule has 0 aliphatic heterocycles. The zero-order chi connectivity index (χ0) is 7.82. The minimum absolute atomic E-state index is 0.605. The average molecular weight is 142 g/mol. The van der Waals surface area contributed by atoms with Gasteiger partial charge in [-0.2, -0.15) is 0 Å². The van der Waals surface area contributed by atoms with Crippen molar-refractivity contribution >= 4 is 6.21 Å². The number of aliphatic imine (C=N–C) groups is 1. The summed E-state index contributed by atoms with van der Waals surface area (Å²) < 4.78 is 0. The van der Waals surface area contributed by atoms with E-state index in [1.807, 2.05) is 13.1 Å². The molecule has 0 rings (SSSR count). The van der Waals surface area contributed by atoms with E-state index in [-0.39, 0.29) is 0 Å². The Labute approximate surface area is 63.7 Å². The van der Waals surface area contributed by atoms with Crippen molar-refractivity contribution in [1.82, 2.24) is 5.32 Å². The standard InChI is InChI=1S/C8H18N2/c1-4-6-8(3)10-7-9-5-2/h5,8,10H,4,6-7H2,1-3H3. The first kappa shape index (κ1) is 9.63. The van der Waals surface area contributed by atoms with Crippen LogP contribution < -0.4 is 5.32 Å². The molecule has 0 aromatic carbocycles. The summed E-state index contributed by atoms with van der Waals surface area (Å²) in [5.41, 5.74) is 0. The van der Waals surface area contributed by atoms with Crippen LogP contribution in [-0.4, -0.2) is 18.9 Å². The molecule has 0 saturated carbocycles. The van der Waals surface area contributed by atoms with Gasteiger partial charge in [0.1, 0.15) is 0 Å². The summed E-state index contributed by atoms with van der Waals surface area (Å²) in [6.07, 6.45) is 4.30. The van der Waals surface area contributed by atoms with Gasteiger partial charge in [0, 0.05) is 6.04 Å². The van der Waals surface area contributed by atoms with E-state index in [4.69, 9.17) is 0 Å². The van der Waals surface area contributed by atoms with Gasteiger partial charge in [-0.25, -0.2) is 0 Å². The van der Waals surface area contributed by atoms with Crippen molar-refractivity contribution in [3.8, 4) is 0 Å². The molecule has 0 aliphatic rings. The quantitative estimate of drug-likeness (QED) is 0.582. The number of hydrogen-bond acceptors (Lipinski definition) is 2. The molecule has 0 aromatic rings. The molecule has 0 saturated heterocycles. The lowest BCUT2D eigenvalue weighted by Gasteiger charge is -2.09. The van der Waals surface area contributed by atoms with Gasteiger partial charge in [0.25, 0.3) is 0 Å². The molecule has 0 heterocycles. The largest absolute Gasteiger partial charge is 0.296 e. The Balaban J connectivity index is 3.12. The molecule has 60 valence electrons. The third kappa shape index (κ3) is 5.76. The number of hydrogen-bond donors (Lipinski definition) is 1. The summed E-state index contributed by atoms with van der Waals surface area (Å²) in [4.78, 5) is 4.06. The highest BCUT2D eigenvalue weighted by molar-refractivity contribution is 5.52. The van der Waals surface area contributed by atoms with Gasteiger partial charge in [0.05, 0.1) is 6.67 Å². The van der Waals surface area contributed by atoms with Crippen molar-refractivity contribution < 1.29 is 0 Å². The molecule has 0 spiro atoms. The van der Waals surface area contributed by atoms with Crippen molar-refractivity contribution in [2.45, 2.75) is 39.7 Å². The van der Waals surface area contributed by atoms with E-state index in [1.54, 1.807) is 0 Å². The third-order valence-corrected chi connectivity index (χ3v) is 1.44. The predicted octanol–water partition coefficient (Wildman–Crippen LogP) is 1.81. The maximum atomic E-state index is 4.06. The van der Waals surface area contributed by atoms with Crippen molar-refractivity contribution in [1.29, 1.82) is 0 Å². The first-order chi connectivity index (χ1) is 4.81. The van der Waals surface area contributed by atoms with E-state index in [0.29, 0.717) is 6.04 Å². The lowest BCUT2D eigenvalue weighted by molar-refractivity contribution is 0.519. The van der Waals surface area contributed by atoms with E-state index >= 15 is 0 Å². The van der Waals surface area contributed by atoms with Crippen LogP contribution in [0.25, 0.3) is 0 Å². The lowest BCUT2D eigenvalue weighted by atomic mass is 10.2. The Hall–Kier alpha value is -0.370. The van der Waals surface area contributed by atoms with Gasteiger partial charge < -0.3 is 0 Å². The van der Waals surface area contributed by atoms with E-state index in [1.165, 1.54) is 12.8 Å². The molecule has 0 aliphatic carbocycles. The van der Waals surface area contributed by atoms with Crippen molar-refractivity contribution in [3.63, 3.8) is 0 Å². The van der Waals surface area contributed by atoms with E-state index in [0.717, 1.165) is 6.67 Å². The molecule has 2 heteroatoms. The van der Waals surface area contributed by atoms with Gasteiger partial charge in [0.2, 0.25) is 0 Å². The van der Waals surface area contributed by atoms with Crippen LogP contribution >= 0.6 is 0 Å². The van der Waals surface area contributed by atoms with Crippen LogP contribution in [-0.2, 0) is 0 Å². The summed E-state index contributed by atoms with van der Waals surface area (Å²) in [6.45, 7) is 7.08. The van der Waals surface area contributed by atoms with Crippen molar-refractivity contribution in [2.75, 3.05) is 6.67 Å². The third-order valence-electron chi connectivity index (χ3n) is 1.44. The summed E-state index contributed by atoms with van der Waals surface area (Å²) in [6, 6.07) is 0.605. The van der Waals surface area contributed by atoms with Gasteiger partial charge in [-0.3, -0.25) is 10.3 Å². The Morgan fingerprint density at radius 3 is 2.80 bits per heavy atom. The lowest BCUT2D eigenvalue weighted by Crippen LogP contribution is -2.25. The number of nitrogens with zero attached hydrogens (tertiary/aromatic N) is 1. The molecule has 1 unspecified atom stereocenters. The predicted molar refractivity (Wildman–Crippen MR) is 46.5 cm³/mol. The summed E-state index contributed by atoms with van der Waals surface area (Å²) in [5, 5.41) is 3.29. The topological polar surface area (TPSA) is 24.4 Å². The van der Waals surface area contributed by atoms with Gasteiger partial charge in [-0.15, -0.1) is 0 Å². The molecule has 0 radical (unpaired) electrons. The maximum Gasteiger partial charge on any atom is 0.0882 e. The van der Waals surface area contributed by atoms with Crippen LogP contribution in [0.4, 0.5) is 0 Å². The second-order valence-electron chi connectivity index (χ2n) is 2.49. The summed E-state index contributed by atoms with van der Waals surface area (Å²) in [7, 11) is 0. The molecule has 0 amide bonds. The number of rotatable bonds is 5.